The number of rotatable bonds is 1. The molecule has 2 aromatic heterocycles. The minimum Gasteiger partial charge on any atom is -0.357 e. The zero-order valence-electron chi connectivity index (χ0n) is 10.4. The minimum atomic E-state index is 0.554. The van der Waals surface area contributed by atoms with Crippen LogP contribution in [0.5, 0.6) is 0 Å². The summed E-state index contributed by atoms with van der Waals surface area (Å²) in [4.78, 5) is 10.4. The Morgan fingerprint density at radius 1 is 1.44 bits per heavy atom. The third-order valence-corrected chi connectivity index (χ3v) is 4.98. The van der Waals surface area contributed by atoms with Gasteiger partial charge in [0.1, 0.15) is 4.60 Å². The lowest BCUT2D eigenvalue weighted by molar-refractivity contribution is 0.308. The number of halogens is 1. The molecule has 1 atom stereocenters. The number of nitrogens with one attached hydrogen (secondary N) is 1. The fourth-order valence-electron chi connectivity index (χ4n) is 3.36. The zero-order valence-corrected chi connectivity index (χ0v) is 12.0. The molecule has 0 amide bonds. The summed E-state index contributed by atoms with van der Waals surface area (Å²) in [5.74, 6) is 0. The Balaban J connectivity index is 1.74. The van der Waals surface area contributed by atoms with Crippen molar-refractivity contribution < 1.29 is 0 Å². The molecule has 94 valence electrons. The van der Waals surface area contributed by atoms with Crippen LogP contribution in [0.15, 0.2) is 22.9 Å². The molecule has 4 heteroatoms. The first-order valence-electron chi connectivity index (χ1n) is 6.50. The van der Waals surface area contributed by atoms with Gasteiger partial charge in [0.05, 0.1) is 6.04 Å². The molecule has 0 radical (unpaired) electrons. The van der Waals surface area contributed by atoms with Crippen LogP contribution in [0.2, 0.25) is 0 Å². The summed E-state index contributed by atoms with van der Waals surface area (Å²) in [6.07, 6.45) is 6.08. The lowest BCUT2D eigenvalue weighted by atomic mass is 10.0. The summed E-state index contributed by atoms with van der Waals surface area (Å²) in [6.45, 7) is 1.26. The molecule has 1 saturated heterocycles. The molecule has 4 rings (SSSR count). The van der Waals surface area contributed by atoms with Gasteiger partial charge in [-0.2, -0.15) is 0 Å². The molecular weight excluding hydrogens is 290 g/mol. The number of likely N-dealkylation sites (tertiary alicyclic amines) is 1. The number of hydrogen-bond donors (Lipinski definition) is 1. The Bertz CT molecular complexity index is 615. The highest BCUT2D eigenvalue weighted by Gasteiger charge is 2.51. The van der Waals surface area contributed by atoms with Crippen molar-refractivity contribution >= 4 is 26.8 Å². The van der Waals surface area contributed by atoms with E-state index in [-0.39, 0.29) is 0 Å². The van der Waals surface area contributed by atoms with E-state index in [0.717, 1.165) is 4.60 Å². The zero-order chi connectivity index (χ0) is 12.3. The van der Waals surface area contributed by atoms with Crippen molar-refractivity contribution in [3.05, 3.63) is 28.6 Å². The maximum Gasteiger partial charge on any atom is 0.108 e. The number of pyridine rings is 1. The number of aromatic amines is 1. The van der Waals surface area contributed by atoms with E-state index in [9.17, 15) is 0 Å². The summed E-state index contributed by atoms with van der Waals surface area (Å²) in [6, 6.07) is 4.87. The smallest absolute Gasteiger partial charge is 0.108 e. The number of fused-ring (bicyclic) bond motifs is 1. The highest BCUT2D eigenvalue weighted by Crippen LogP contribution is 2.57. The van der Waals surface area contributed by atoms with E-state index in [2.05, 4.69) is 50.0 Å². The first-order chi connectivity index (χ1) is 8.65. The fourth-order valence-corrected chi connectivity index (χ4v) is 3.69. The largest absolute Gasteiger partial charge is 0.357 e. The standard InChI is InChI=1S/C14H16BrN3/c1-18-8-14(2-3-14)6-12(18)11-4-9-7-16-13(15)5-10(9)17-11/h4-5,7,12,17H,2-3,6,8H2,1H3. The van der Waals surface area contributed by atoms with Crippen molar-refractivity contribution in [2.45, 2.75) is 25.3 Å². The highest BCUT2D eigenvalue weighted by atomic mass is 79.9. The summed E-state index contributed by atoms with van der Waals surface area (Å²) in [7, 11) is 2.25. The van der Waals surface area contributed by atoms with Crippen LogP contribution in [-0.2, 0) is 0 Å². The number of aromatic nitrogens is 2. The molecule has 3 nitrogen and oxygen atoms in total. The molecule has 1 unspecified atom stereocenters. The first kappa shape index (κ1) is 11.0. The molecule has 0 aromatic carbocycles. The van der Waals surface area contributed by atoms with E-state index >= 15 is 0 Å². The van der Waals surface area contributed by atoms with E-state index in [0.29, 0.717) is 11.5 Å². The topological polar surface area (TPSA) is 31.9 Å². The molecule has 1 aliphatic carbocycles. The molecule has 18 heavy (non-hydrogen) atoms. The second kappa shape index (κ2) is 3.58. The van der Waals surface area contributed by atoms with Crippen LogP contribution in [0, 0.1) is 5.41 Å². The number of hydrogen-bond acceptors (Lipinski definition) is 2. The first-order valence-corrected chi connectivity index (χ1v) is 7.29. The quantitative estimate of drug-likeness (QED) is 0.818. The maximum absolute atomic E-state index is 4.29. The molecule has 0 bridgehead atoms. The number of nitrogens with zero attached hydrogens (tertiary/aromatic N) is 2. The Morgan fingerprint density at radius 2 is 2.28 bits per heavy atom. The maximum atomic E-state index is 4.29. The predicted octanol–water partition coefficient (Wildman–Crippen LogP) is 3.48. The SMILES string of the molecule is CN1CC2(CC2)CC1c1cc2cnc(Br)cc2[nH]1. The van der Waals surface area contributed by atoms with E-state index in [1.807, 2.05) is 6.20 Å². The monoisotopic (exact) mass is 305 g/mol. The van der Waals surface area contributed by atoms with E-state index in [4.69, 9.17) is 0 Å². The third kappa shape index (κ3) is 1.62. The molecule has 1 spiro atoms. The lowest BCUT2D eigenvalue weighted by Gasteiger charge is -2.17. The molecule has 2 aromatic rings. The fraction of sp³-hybridized carbons (Fsp3) is 0.500. The van der Waals surface area contributed by atoms with Gasteiger partial charge in [0.25, 0.3) is 0 Å². The van der Waals surface area contributed by atoms with Gasteiger partial charge in [0, 0.05) is 29.3 Å². The van der Waals surface area contributed by atoms with Crippen LogP contribution < -0.4 is 0 Å². The van der Waals surface area contributed by atoms with Crippen LogP contribution in [-0.4, -0.2) is 28.5 Å². The predicted molar refractivity (Wildman–Crippen MR) is 75.4 cm³/mol. The van der Waals surface area contributed by atoms with Gasteiger partial charge in [-0.1, -0.05) is 0 Å². The Morgan fingerprint density at radius 3 is 3.00 bits per heavy atom. The average molecular weight is 306 g/mol. The van der Waals surface area contributed by atoms with Gasteiger partial charge < -0.3 is 4.98 Å². The summed E-state index contributed by atoms with van der Waals surface area (Å²) >= 11 is 3.42. The summed E-state index contributed by atoms with van der Waals surface area (Å²) < 4.78 is 0.891. The van der Waals surface area contributed by atoms with Gasteiger partial charge in [-0.15, -0.1) is 0 Å². The normalized spacial score (nSPS) is 26.2. The molecule has 3 heterocycles. The lowest BCUT2D eigenvalue weighted by Crippen LogP contribution is -2.18. The van der Waals surface area contributed by atoms with Crippen LogP contribution in [0.1, 0.15) is 31.0 Å². The van der Waals surface area contributed by atoms with Crippen molar-refractivity contribution in [1.82, 2.24) is 14.9 Å². The van der Waals surface area contributed by atoms with Crippen LogP contribution >= 0.6 is 15.9 Å². The van der Waals surface area contributed by atoms with Gasteiger partial charge in [0.2, 0.25) is 0 Å². The van der Waals surface area contributed by atoms with Crippen molar-refractivity contribution in [2.24, 2.45) is 5.41 Å². The van der Waals surface area contributed by atoms with Crippen molar-refractivity contribution in [3.63, 3.8) is 0 Å². The van der Waals surface area contributed by atoms with Crippen molar-refractivity contribution in [3.8, 4) is 0 Å². The van der Waals surface area contributed by atoms with Gasteiger partial charge in [-0.25, -0.2) is 4.98 Å². The molecule has 2 fully saturated rings. The van der Waals surface area contributed by atoms with Crippen molar-refractivity contribution in [1.29, 1.82) is 0 Å². The van der Waals surface area contributed by atoms with Gasteiger partial charge in [-0.3, -0.25) is 4.90 Å². The van der Waals surface area contributed by atoms with Gasteiger partial charge >= 0.3 is 0 Å². The summed E-state index contributed by atoms with van der Waals surface area (Å²) in [5.41, 5.74) is 3.17. The van der Waals surface area contributed by atoms with Crippen LogP contribution in [0.25, 0.3) is 10.9 Å². The van der Waals surface area contributed by atoms with Crippen LogP contribution in [0.3, 0.4) is 0 Å². The van der Waals surface area contributed by atoms with E-state index < -0.39 is 0 Å². The van der Waals surface area contributed by atoms with E-state index in [1.165, 1.54) is 42.4 Å². The molecular formula is C14H16BrN3. The van der Waals surface area contributed by atoms with Crippen molar-refractivity contribution in [2.75, 3.05) is 13.6 Å². The molecule has 1 aliphatic heterocycles. The molecule has 1 N–H and O–H groups in total. The number of H-pyrrole nitrogens is 1. The summed E-state index contributed by atoms with van der Waals surface area (Å²) in [5, 5.41) is 1.21. The van der Waals surface area contributed by atoms with Gasteiger partial charge in [0.15, 0.2) is 0 Å². The van der Waals surface area contributed by atoms with Gasteiger partial charge in [-0.05, 0) is 59.8 Å². The second-order valence-corrected chi connectivity index (χ2v) is 6.77. The molecule has 2 aliphatic rings. The Hall–Kier alpha value is -0.870. The molecule has 1 saturated carbocycles. The Labute approximate surface area is 115 Å². The minimum absolute atomic E-state index is 0.554. The Kier molecular flexibility index (Phi) is 2.19. The third-order valence-electron chi connectivity index (χ3n) is 4.55. The van der Waals surface area contributed by atoms with E-state index in [1.54, 1.807) is 0 Å². The highest BCUT2D eigenvalue weighted by molar-refractivity contribution is 9.10. The second-order valence-electron chi connectivity index (χ2n) is 5.95. The average Bonchev–Trinajstić information content (AvgIpc) is 2.82. The van der Waals surface area contributed by atoms with Crippen LogP contribution in [0.4, 0.5) is 0 Å².